The Morgan fingerprint density at radius 3 is 2.29 bits per heavy atom. The molecule has 0 fully saturated rings. The Labute approximate surface area is 251 Å². The Hall–Kier alpha value is -3.66. The highest BCUT2D eigenvalue weighted by molar-refractivity contribution is 5.81. The van der Waals surface area contributed by atoms with Crippen LogP contribution in [0, 0.1) is 5.41 Å². The molecule has 0 saturated carbocycles. The van der Waals surface area contributed by atoms with Gasteiger partial charge in [0.2, 0.25) is 5.91 Å². The Kier molecular flexibility index (Phi) is 20.1. The number of aliphatic hydroxyl groups is 1. The molecule has 0 bridgehead atoms. The molecule has 1 aromatic rings. The molecule has 1 aromatic carbocycles. The summed E-state index contributed by atoms with van der Waals surface area (Å²) in [5, 5.41) is 16.3. The van der Waals surface area contributed by atoms with Crippen molar-refractivity contribution in [2.24, 2.45) is 21.9 Å². The smallest absolute Gasteiger partial charge is 0.234 e. The number of nitrogens with one attached hydrogen (secondary N) is 2. The van der Waals surface area contributed by atoms with E-state index in [1.54, 1.807) is 32.5 Å². The van der Waals surface area contributed by atoms with Crippen molar-refractivity contribution in [3.05, 3.63) is 77.1 Å². The lowest BCUT2D eigenvalue weighted by Crippen LogP contribution is -2.39. The third-order valence-electron chi connectivity index (χ3n) is 7.26. The van der Waals surface area contributed by atoms with E-state index in [4.69, 9.17) is 11.5 Å². The zero-order valence-electron chi connectivity index (χ0n) is 26.0. The number of nitrogens with zero attached hydrogens (tertiary/aromatic N) is 1. The Morgan fingerprint density at radius 1 is 1.17 bits per heavy atom. The largest absolute Gasteiger partial charge is 0.404 e. The fraction of sp³-hybridized carbons (Fsp3) is 0.455. The number of carbonyl (C=O) groups excluding carboxylic acids is 3. The number of carbonyl (C=O) groups is 3. The average Bonchev–Trinajstić information content (AvgIpc) is 2.99. The van der Waals surface area contributed by atoms with Gasteiger partial charge in [-0.05, 0) is 88.2 Å². The third-order valence-corrected chi connectivity index (χ3v) is 7.26. The van der Waals surface area contributed by atoms with E-state index in [9.17, 15) is 19.5 Å². The van der Waals surface area contributed by atoms with Gasteiger partial charge < -0.3 is 32.0 Å². The van der Waals surface area contributed by atoms with E-state index in [0.29, 0.717) is 31.5 Å². The number of benzene rings is 1. The van der Waals surface area contributed by atoms with E-state index in [1.165, 1.54) is 5.56 Å². The zero-order valence-corrected chi connectivity index (χ0v) is 26.0. The minimum Gasteiger partial charge on any atom is -0.404 e. The lowest BCUT2D eigenvalue weighted by atomic mass is 9.76. The summed E-state index contributed by atoms with van der Waals surface area (Å²) in [6.45, 7) is 13.2. The van der Waals surface area contributed by atoms with Crippen LogP contribution < -0.4 is 22.1 Å². The number of aliphatic hydroxyl groups excluding tert-OH is 1. The summed E-state index contributed by atoms with van der Waals surface area (Å²) in [5.41, 5.74) is 15.8. The first-order valence-corrected chi connectivity index (χ1v) is 14.3. The van der Waals surface area contributed by atoms with Crippen molar-refractivity contribution in [3.63, 3.8) is 0 Å². The molecule has 1 rings (SSSR count). The molecule has 0 aliphatic heterocycles. The molecule has 0 heterocycles. The van der Waals surface area contributed by atoms with Crippen molar-refractivity contribution >= 4 is 30.4 Å². The van der Waals surface area contributed by atoms with E-state index >= 15 is 0 Å². The standard InChI is InChI=1S/C27H39N3O2.C6H12N2O2/c1-6-23-9-12-26(13-10-23)30-18-24(16-28)17-29-15-14-27(7-2,20-32)22(5)8-11-25(19-31)21(3)4;1-8-5(6(7)10)3-2-4-9/h8-13,16,18-19,29,32H,3,6-7,14-15,17,20,28H2,1-2,4-5H3;4-5,8H,2-3H2,1H3,(H2,7,10)/b22-8+,24-16-,25-11-,30-18?;. The molecule has 0 aliphatic rings. The second kappa shape index (κ2) is 22.0. The molecule has 42 heavy (non-hydrogen) atoms. The van der Waals surface area contributed by atoms with E-state index in [1.807, 2.05) is 25.1 Å². The average molecular weight is 582 g/mol. The van der Waals surface area contributed by atoms with Gasteiger partial charge in [0.15, 0.2) is 0 Å². The molecule has 2 atom stereocenters. The molecule has 9 heteroatoms. The first-order chi connectivity index (χ1) is 20.1. The zero-order chi connectivity index (χ0) is 32.0. The summed E-state index contributed by atoms with van der Waals surface area (Å²) < 4.78 is 0. The van der Waals surface area contributed by atoms with Crippen molar-refractivity contribution in [1.82, 2.24) is 10.6 Å². The van der Waals surface area contributed by atoms with Gasteiger partial charge in [0.25, 0.3) is 0 Å². The third kappa shape index (κ3) is 14.3. The highest BCUT2D eigenvalue weighted by Crippen LogP contribution is 2.34. The van der Waals surface area contributed by atoms with E-state index in [-0.39, 0.29) is 18.1 Å². The molecule has 7 N–H and O–H groups in total. The Morgan fingerprint density at radius 2 is 1.83 bits per heavy atom. The fourth-order valence-electron chi connectivity index (χ4n) is 3.99. The summed E-state index contributed by atoms with van der Waals surface area (Å²) in [5.74, 6) is -0.413. The SMILES string of the molecule is C=C(C)/C(C=O)=C\C=C(/C)C(CC)(CO)CCNC/C(C=Nc1ccc(CC)cc1)=C/N.CNC(CCC=O)C(N)=O. The monoisotopic (exact) mass is 581 g/mol. The minimum atomic E-state index is -0.413. The normalized spacial score (nSPS) is 14.5. The van der Waals surface area contributed by atoms with Crippen LogP contribution in [0.3, 0.4) is 0 Å². The lowest BCUT2D eigenvalue weighted by Gasteiger charge is -2.32. The summed E-state index contributed by atoms with van der Waals surface area (Å²) in [7, 11) is 1.64. The molecule has 2 unspecified atom stereocenters. The van der Waals surface area contributed by atoms with Crippen LogP contribution in [-0.4, -0.2) is 62.6 Å². The maximum Gasteiger partial charge on any atom is 0.234 e. The van der Waals surface area contributed by atoms with Crippen LogP contribution in [0.2, 0.25) is 0 Å². The number of aliphatic imine (C=N–C) groups is 1. The summed E-state index contributed by atoms with van der Waals surface area (Å²) >= 11 is 0. The van der Waals surface area contributed by atoms with Gasteiger partial charge in [-0.2, -0.15) is 0 Å². The number of hydrogen-bond donors (Lipinski definition) is 5. The van der Waals surface area contributed by atoms with Crippen LogP contribution in [0.15, 0.2) is 76.5 Å². The van der Waals surface area contributed by atoms with Gasteiger partial charge in [0, 0.05) is 30.2 Å². The predicted octanol–water partition coefficient (Wildman–Crippen LogP) is 3.85. The van der Waals surface area contributed by atoms with Crippen LogP contribution in [-0.2, 0) is 20.8 Å². The number of likely N-dealkylation sites (N-methyl/N-ethyl adjacent to an activating group) is 1. The van der Waals surface area contributed by atoms with Crippen LogP contribution in [0.1, 0.15) is 58.9 Å². The predicted molar refractivity (Wildman–Crippen MR) is 174 cm³/mol. The van der Waals surface area contributed by atoms with E-state index < -0.39 is 5.91 Å². The fourth-order valence-corrected chi connectivity index (χ4v) is 3.99. The number of primary amides is 1. The van der Waals surface area contributed by atoms with Crippen molar-refractivity contribution < 1.29 is 19.5 Å². The molecule has 0 aromatic heterocycles. The summed E-state index contributed by atoms with van der Waals surface area (Å²) in [6, 6.07) is 7.79. The molecule has 232 valence electrons. The van der Waals surface area contributed by atoms with Crippen LogP contribution in [0.4, 0.5) is 5.69 Å². The summed E-state index contributed by atoms with van der Waals surface area (Å²) in [6.07, 6.45) is 12.0. The van der Waals surface area contributed by atoms with Crippen LogP contribution >= 0.6 is 0 Å². The van der Waals surface area contributed by atoms with Gasteiger partial charge in [-0.1, -0.05) is 50.3 Å². The van der Waals surface area contributed by atoms with Gasteiger partial charge >= 0.3 is 0 Å². The van der Waals surface area contributed by atoms with Gasteiger partial charge in [0.1, 0.15) is 12.6 Å². The van der Waals surface area contributed by atoms with Crippen molar-refractivity contribution in [1.29, 1.82) is 0 Å². The summed E-state index contributed by atoms with van der Waals surface area (Å²) in [4.78, 5) is 36.0. The molecule has 0 radical (unpaired) electrons. The highest BCUT2D eigenvalue weighted by Gasteiger charge is 2.28. The Balaban J connectivity index is 0.00000143. The lowest BCUT2D eigenvalue weighted by molar-refractivity contribution is -0.120. The van der Waals surface area contributed by atoms with Crippen LogP contribution in [0.5, 0.6) is 0 Å². The molecule has 0 aliphatic carbocycles. The number of amides is 1. The second-order valence-electron chi connectivity index (χ2n) is 10.1. The molecule has 0 saturated heterocycles. The van der Waals surface area contributed by atoms with E-state index in [0.717, 1.165) is 54.2 Å². The first kappa shape index (κ1) is 38.3. The number of allylic oxidation sites excluding steroid dienone is 4. The topological polar surface area (TPSA) is 160 Å². The van der Waals surface area contributed by atoms with Gasteiger partial charge in [-0.25, -0.2) is 0 Å². The maximum atomic E-state index is 11.2. The molecule has 9 nitrogen and oxygen atoms in total. The van der Waals surface area contributed by atoms with Gasteiger partial charge in [0.05, 0.1) is 18.3 Å². The van der Waals surface area contributed by atoms with Crippen molar-refractivity contribution in [3.8, 4) is 0 Å². The van der Waals surface area contributed by atoms with Crippen LogP contribution in [0.25, 0.3) is 0 Å². The van der Waals surface area contributed by atoms with Gasteiger partial charge in [-0.15, -0.1) is 0 Å². The quantitative estimate of drug-likeness (QED) is 0.0545. The van der Waals surface area contributed by atoms with E-state index in [2.05, 4.69) is 48.2 Å². The van der Waals surface area contributed by atoms with Gasteiger partial charge in [-0.3, -0.25) is 14.6 Å². The number of nitrogens with two attached hydrogens (primary N) is 2. The molecular formula is C33H51N5O4. The van der Waals surface area contributed by atoms with Crippen molar-refractivity contribution in [2.75, 3.05) is 26.7 Å². The first-order valence-electron chi connectivity index (χ1n) is 14.3. The minimum absolute atomic E-state index is 0.0413. The number of rotatable bonds is 19. The van der Waals surface area contributed by atoms with Crippen molar-refractivity contribution in [2.45, 2.75) is 65.8 Å². The second-order valence-corrected chi connectivity index (χ2v) is 10.1. The number of aldehydes is 2. The molecule has 0 spiro atoms. The molecular weight excluding hydrogens is 530 g/mol. The number of aryl methyl sites for hydroxylation is 1. The maximum absolute atomic E-state index is 11.2. The molecule has 1 amide bonds. The Bertz CT molecular complexity index is 1100. The highest BCUT2D eigenvalue weighted by atomic mass is 16.3. The number of hydrogen-bond acceptors (Lipinski definition) is 8.